The molecule has 0 aliphatic carbocycles. The number of nitrogens with one attached hydrogen (secondary N) is 1. The van der Waals surface area contributed by atoms with Gasteiger partial charge < -0.3 is 15.3 Å². The highest BCUT2D eigenvalue weighted by molar-refractivity contribution is 7.91. The number of sulfone groups is 1. The molecule has 1 saturated heterocycles. The van der Waals surface area contributed by atoms with Crippen molar-refractivity contribution >= 4 is 21.2 Å². The zero-order valence-electron chi connectivity index (χ0n) is 10.6. The quantitative estimate of drug-likeness (QED) is 0.783. The average Bonchev–Trinajstić information content (AvgIpc) is 2.55. The summed E-state index contributed by atoms with van der Waals surface area (Å²) in [5, 5.41) is 13.4. The van der Waals surface area contributed by atoms with Gasteiger partial charge in [-0.2, -0.15) is 0 Å². The first-order valence-electron chi connectivity index (χ1n) is 6.55. The summed E-state index contributed by atoms with van der Waals surface area (Å²) in [5.41, 5.74) is 2.00. The zero-order valence-corrected chi connectivity index (χ0v) is 11.4. The van der Waals surface area contributed by atoms with Gasteiger partial charge in [-0.05, 0) is 18.6 Å². The van der Waals surface area contributed by atoms with Gasteiger partial charge in [0.05, 0.1) is 35.0 Å². The van der Waals surface area contributed by atoms with Crippen molar-refractivity contribution in [3.8, 4) is 0 Å². The molecule has 2 unspecified atom stereocenters. The molecule has 0 saturated carbocycles. The maximum absolute atomic E-state index is 11.7. The Bertz CT molecular complexity index is 573. The molecule has 0 aromatic heterocycles. The maximum atomic E-state index is 11.7. The molecule has 2 N–H and O–H groups in total. The van der Waals surface area contributed by atoms with E-state index in [4.69, 9.17) is 0 Å². The number of nitrogens with zero attached hydrogens (tertiary/aromatic N) is 1. The van der Waals surface area contributed by atoms with Crippen LogP contribution in [0.1, 0.15) is 6.42 Å². The van der Waals surface area contributed by atoms with Crippen molar-refractivity contribution in [1.82, 2.24) is 0 Å². The average molecular weight is 282 g/mol. The summed E-state index contributed by atoms with van der Waals surface area (Å²) in [5.74, 6) is -0.0771. The SMILES string of the molecule is O=S1(=O)CC(O)C(N2CCCNc3ccccc32)C1. The van der Waals surface area contributed by atoms with Gasteiger partial charge in [0.15, 0.2) is 9.84 Å². The van der Waals surface area contributed by atoms with Crippen molar-refractivity contribution in [2.24, 2.45) is 0 Å². The zero-order chi connectivity index (χ0) is 13.5. The van der Waals surface area contributed by atoms with Gasteiger partial charge in [0.25, 0.3) is 0 Å². The molecule has 2 aliphatic rings. The summed E-state index contributed by atoms with van der Waals surface area (Å²) in [6, 6.07) is 7.53. The fourth-order valence-electron chi connectivity index (χ4n) is 2.92. The molecule has 0 radical (unpaired) electrons. The first-order chi connectivity index (χ1) is 9.07. The summed E-state index contributed by atoms with van der Waals surface area (Å²) >= 11 is 0. The van der Waals surface area contributed by atoms with Crippen molar-refractivity contribution in [3.05, 3.63) is 24.3 Å². The molecule has 3 rings (SSSR count). The van der Waals surface area contributed by atoms with Gasteiger partial charge in [-0.3, -0.25) is 0 Å². The standard InChI is InChI=1S/C13H18N2O3S/c16-13-9-19(17,18)8-12(13)15-7-3-6-14-10-4-1-2-5-11(10)15/h1-2,4-5,12-14,16H,3,6-9H2. The van der Waals surface area contributed by atoms with Crippen LogP contribution in [-0.2, 0) is 9.84 Å². The molecule has 0 amide bonds. The lowest BCUT2D eigenvalue weighted by Gasteiger charge is -2.32. The van der Waals surface area contributed by atoms with E-state index in [0.29, 0.717) is 0 Å². The number of fused-ring (bicyclic) bond motifs is 1. The minimum absolute atomic E-state index is 0.0441. The Labute approximate surface area is 113 Å². The molecular formula is C13H18N2O3S. The molecule has 104 valence electrons. The highest BCUT2D eigenvalue weighted by Crippen LogP contribution is 2.32. The van der Waals surface area contributed by atoms with Crippen LogP contribution < -0.4 is 10.2 Å². The molecular weight excluding hydrogens is 264 g/mol. The normalized spacial score (nSPS) is 29.4. The summed E-state index contributed by atoms with van der Waals surface area (Å²) < 4.78 is 23.4. The van der Waals surface area contributed by atoms with Crippen molar-refractivity contribution in [3.63, 3.8) is 0 Å². The minimum Gasteiger partial charge on any atom is -0.390 e. The number of anilines is 2. The molecule has 0 spiro atoms. The summed E-state index contributed by atoms with van der Waals surface area (Å²) in [7, 11) is -3.12. The second-order valence-corrected chi connectivity index (χ2v) is 7.36. The van der Waals surface area contributed by atoms with E-state index in [0.717, 1.165) is 30.9 Å². The van der Waals surface area contributed by atoms with E-state index in [1.54, 1.807) is 0 Å². The number of hydrogen-bond acceptors (Lipinski definition) is 5. The van der Waals surface area contributed by atoms with E-state index in [1.165, 1.54) is 0 Å². The van der Waals surface area contributed by atoms with Crippen LogP contribution in [0.2, 0.25) is 0 Å². The van der Waals surface area contributed by atoms with Gasteiger partial charge in [0.1, 0.15) is 0 Å². The summed E-state index contributed by atoms with van der Waals surface area (Å²) in [6.07, 6.45) is 0.133. The van der Waals surface area contributed by atoms with Gasteiger partial charge in [0, 0.05) is 13.1 Å². The smallest absolute Gasteiger partial charge is 0.155 e. The molecule has 5 nitrogen and oxygen atoms in total. The number of aliphatic hydroxyl groups is 1. The van der Waals surface area contributed by atoms with Crippen molar-refractivity contribution < 1.29 is 13.5 Å². The van der Waals surface area contributed by atoms with Crippen LogP contribution in [0.25, 0.3) is 0 Å². The number of aliphatic hydroxyl groups excluding tert-OH is 1. The van der Waals surface area contributed by atoms with E-state index < -0.39 is 15.9 Å². The lowest BCUT2D eigenvalue weighted by Crippen LogP contribution is -2.43. The Morgan fingerprint density at radius 3 is 2.79 bits per heavy atom. The predicted octanol–water partition coefficient (Wildman–Crippen LogP) is 0.466. The fraction of sp³-hybridized carbons (Fsp3) is 0.538. The number of para-hydroxylation sites is 2. The van der Waals surface area contributed by atoms with Crippen LogP contribution in [0.15, 0.2) is 24.3 Å². The Morgan fingerprint density at radius 1 is 1.26 bits per heavy atom. The van der Waals surface area contributed by atoms with Crippen LogP contribution in [0.5, 0.6) is 0 Å². The number of hydrogen-bond donors (Lipinski definition) is 2. The lowest BCUT2D eigenvalue weighted by molar-refractivity contribution is 0.178. The van der Waals surface area contributed by atoms with E-state index in [9.17, 15) is 13.5 Å². The topological polar surface area (TPSA) is 69.6 Å². The van der Waals surface area contributed by atoms with Crippen molar-refractivity contribution in [1.29, 1.82) is 0 Å². The van der Waals surface area contributed by atoms with Gasteiger partial charge in [0.2, 0.25) is 0 Å². The summed E-state index contributed by atoms with van der Waals surface area (Å²) in [6.45, 7) is 1.63. The first-order valence-corrected chi connectivity index (χ1v) is 8.37. The number of rotatable bonds is 1. The van der Waals surface area contributed by atoms with Crippen LogP contribution >= 0.6 is 0 Å². The molecule has 6 heteroatoms. The van der Waals surface area contributed by atoms with Crippen LogP contribution in [-0.4, -0.2) is 50.3 Å². The maximum Gasteiger partial charge on any atom is 0.155 e. The van der Waals surface area contributed by atoms with E-state index in [-0.39, 0.29) is 17.5 Å². The second-order valence-electron chi connectivity index (χ2n) is 5.20. The highest BCUT2D eigenvalue weighted by Gasteiger charge is 2.40. The van der Waals surface area contributed by atoms with Gasteiger partial charge in [-0.1, -0.05) is 12.1 Å². The third kappa shape index (κ3) is 2.42. The summed E-state index contributed by atoms with van der Waals surface area (Å²) in [4.78, 5) is 2.05. The Morgan fingerprint density at radius 2 is 2.05 bits per heavy atom. The van der Waals surface area contributed by atoms with Gasteiger partial charge in [-0.25, -0.2) is 8.42 Å². The van der Waals surface area contributed by atoms with Crippen LogP contribution in [0, 0.1) is 0 Å². The predicted molar refractivity (Wildman–Crippen MR) is 75.3 cm³/mol. The third-order valence-corrected chi connectivity index (χ3v) is 5.50. The Balaban J connectivity index is 1.97. The fourth-order valence-corrected chi connectivity index (χ4v) is 4.72. The lowest BCUT2D eigenvalue weighted by atomic mass is 10.1. The third-order valence-electron chi connectivity index (χ3n) is 3.80. The minimum atomic E-state index is -3.12. The molecule has 2 aliphatic heterocycles. The van der Waals surface area contributed by atoms with Crippen LogP contribution in [0.3, 0.4) is 0 Å². The van der Waals surface area contributed by atoms with Crippen LogP contribution in [0.4, 0.5) is 11.4 Å². The molecule has 1 aromatic rings. The van der Waals surface area contributed by atoms with Crippen molar-refractivity contribution in [2.45, 2.75) is 18.6 Å². The van der Waals surface area contributed by atoms with Gasteiger partial charge >= 0.3 is 0 Å². The Kier molecular flexibility index (Phi) is 3.14. The first kappa shape index (κ1) is 12.7. The van der Waals surface area contributed by atoms with Crippen molar-refractivity contribution in [2.75, 3.05) is 34.8 Å². The molecule has 1 aromatic carbocycles. The molecule has 2 atom stereocenters. The molecule has 1 fully saturated rings. The second kappa shape index (κ2) is 4.68. The number of benzene rings is 1. The molecule has 2 heterocycles. The molecule has 0 bridgehead atoms. The van der Waals surface area contributed by atoms with E-state index in [2.05, 4.69) is 5.32 Å². The van der Waals surface area contributed by atoms with E-state index in [1.807, 2.05) is 29.2 Å². The molecule has 19 heavy (non-hydrogen) atoms. The monoisotopic (exact) mass is 282 g/mol. The van der Waals surface area contributed by atoms with E-state index >= 15 is 0 Å². The Hall–Kier alpha value is -1.27. The highest BCUT2D eigenvalue weighted by atomic mass is 32.2. The largest absolute Gasteiger partial charge is 0.390 e. The van der Waals surface area contributed by atoms with Gasteiger partial charge in [-0.15, -0.1) is 0 Å².